The molecular formula is C14H20BrN3O4. The van der Waals surface area contributed by atoms with Crippen LogP contribution in [0.1, 0.15) is 33.6 Å². The van der Waals surface area contributed by atoms with Gasteiger partial charge in [-0.1, -0.05) is 0 Å². The van der Waals surface area contributed by atoms with Crippen molar-refractivity contribution in [2.45, 2.75) is 39.2 Å². The number of anilines is 1. The maximum atomic E-state index is 11.7. The number of halogens is 1. The molecule has 0 saturated carbocycles. The van der Waals surface area contributed by atoms with Crippen molar-refractivity contribution < 1.29 is 14.3 Å². The summed E-state index contributed by atoms with van der Waals surface area (Å²) < 4.78 is 5.73. The van der Waals surface area contributed by atoms with Gasteiger partial charge in [0, 0.05) is 23.6 Å². The Morgan fingerprint density at radius 1 is 1.36 bits per heavy atom. The molecule has 0 unspecified atom stereocenters. The summed E-state index contributed by atoms with van der Waals surface area (Å²) in [6, 6.07) is 1.52. The van der Waals surface area contributed by atoms with Gasteiger partial charge in [-0.05, 0) is 49.2 Å². The number of ether oxygens (including phenoxy) is 1. The molecule has 8 heteroatoms. The van der Waals surface area contributed by atoms with Crippen LogP contribution >= 0.6 is 15.9 Å². The van der Waals surface area contributed by atoms with Crippen molar-refractivity contribution in [1.82, 2.24) is 10.3 Å². The molecule has 1 aromatic heterocycles. The van der Waals surface area contributed by atoms with Crippen LogP contribution in [0.25, 0.3) is 0 Å². The normalized spacial score (nSPS) is 10.9. The number of rotatable bonds is 5. The Kier molecular flexibility index (Phi) is 6.61. The molecular weight excluding hydrogens is 354 g/mol. The molecule has 22 heavy (non-hydrogen) atoms. The van der Waals surface area contributed by atoms with Gasteiger partial charge in [0.1, 0.15) is 11.3 Å². The quantitative estimate of drug-likeness (QED) is 0.689. The fraction of sp³-hybridized carbons (Fsp3) is 0.500. The number of aromatic nitrogens is 1. The Balaban J connectivity index is 2.31. The first kappa shape index (κ1) is 18.2. The monoisotopic (exact) mass is 373 g/mol. The summed E-state index contributed by atoms with van der Waals surface area (Å²) in [5, 5.41) is 5.08. The van der Waals surface area contributed by atoms with Crippen LogP contribution in [-0.4, -0.2) is 29.1 Å². The van der Waals surface area contributed by atoms with Crippen molar-refractivity contribution in [3.05, 3.63) is 27.1 Å². The first-order chi connectivity index (χ1) is 10.2. The predicted octanol–water partition coefficient (Wildman–Crippen LogP) is 2.38. The van der Waals surface area contributed by atoms with E-state index >= 15 is 0 Å². The number of hydrogen-bond donors (Lipinski definition) is 3. The number of hydrogen-bond acceptors (Lipinski definition) is 4. The van der Waals surface area contributed by atoms with Crippen LogP contribution in [0.15, 0.2) is 21.5 Å². The lowest BCUT2D eigenvalue weighted by Gasteiger charge is -2.19. The third-order valence-electron chi connectivity index (χ3n) is 2.39. The van der Waals surface area contributed by atoms with E-state index in [4.69, 9.17) is 4.74 Å². The number of aromatic amines is 1. The van der Waals surface area contributed by atoms with E-state index in [0.717, 1.165) is 0 Å². The third-order valence-corrected chi connectivity index (χ3v) is 2.85. The first-order valence-electron chi connectivity index (χ1n) is 6.82. The molecule has 0 aromatic carbocycles. The maximum Gasteiger partial charge on any atom is 0.407 e. The molecule has 0 aliphatic carbocycles. The maximum absolute atomic E-state index is 11.7. The lowest BCUT2D eigenvalue weighted by atomic mass is 10.2. The molecule has 3 N–H and O–H groups in total. The van der Waals surface area contributed by atoms with Crippen LogP contribution in [-0.2, 0) is 9.53 Å². The second-order valence-corrected chi connectivity index (χ2v) is 6.56. The summed E-state index contributed by atoms with van der Waals surface area (Å²) in [7, 11) is 0. The van der Waals surface area contributed by atoms with Crippen molar-refractivity contribution in [1.29, 1.82) is 0 Å². The van der Waals surface area contributed by atoms with E-state index in [0.29, 0.717) is 17.4 Å². The average Bonchev–Trinajstić information content (AvgIpc) is 2.37. The predicted molar refractivity (Wildman–Crippen MR) is 86.9 cm³/mol. The molecule has 1 rings (SSSR count). The van der Waals surface area contributed by atoms with Crippen LogP contribution in [0.5, 0.6) is 0 Å². The summed E-state index contributed by atoms with van der Waals surface area (Å²) in [4.78, 5) is 37.1. The van der Waals surface area contributed by atoms with Crippen molar-refractivity contribution in [3.63, 3.8) is 0 Å². The van der Waals surface area contributed by atoms with Gasteiger partial charge in [-0.25, -0.2) is 4.79 Å². The molecule has 0 saturated heterocycles. The fourth-order valence-electron chi connectivity index (χ4n) is 1.52. The molecule has 2 amide bonds. The van der Waals surface area contributed by atoms with Crippen molar-refractivity contribution in [2.24, 2.45) is 0 Å². The zero-order valence-electron chi connectivity index (χ0n) is 12.8. The number of pyridine rings is 1. The Morgan fingerprint density at radius 2 is 2.05 bits per heavy atom. The Hall–Kier alpha value is -1.83. The molecule has 0 bridgehead atoms. The van der Waals surface area contributed by atoms with E-state index in [1.807, 2.05) is 0 Å². The molecule has 0 atom stereocenters. The highest BCUT2D eigenvalue weighted by atomic mass is 79.9. The molecule has 7 nitrogen and oxygen atoms in total. The number of alkyl carbamates (subject to hydrolysis) is 1. The first-order valence-corrected chi connectivity index (χ1v) is 7.61. The Morgan fingerprint density at radius 3 is 2.68 bits per heavy atom. The van der Waals surface area contributed by atoms with Gasteiger partial charge in [0.25, 0.3) is 5.56 Å². The van der Waals surface area contributed by atoms with Gasteiger partial charge in [-0.2, -0.15) is 0 Å². The number of amides is 2. The van der Waals surface area contributed by atoms with Crippen LogP contribution in [0.4, 0.5) is 10.5 Å². The number of nitrogens with one attached hydrogen (secondary N) is 3. The molecule has 0 aliphatic rings. The molecule has 1 heterocycles. The number of carbonyl (C=O) groups is 2. The summed E-state index contributed by atoms with van der Waals surface area (Å²) in [5.41, 5.74) is -0.744. The fourth-order valence-corrected chi connectivity index (χ4v) is 1.86. The minimum absolute atomic E-state index is 0.180. The molecule has 0 radical (unpaired) electrons. The van der Waals surface area contributed by atoms with E-state index in [2.05, 4.69) is 31.5 Å². The van der Waals surface area contributed by atoms with Crippen molar-refractivity contribution >= 4 is 33.6 Å². The van der Waals surface area contributed by atoms with Crippen LogP contribution in [0.3, 0.4) is 0 Å². The topological polar surface area (TPSA) is 100 Å². The van der Waals surface area contributed by atoms with Gasteiger partial charge in [-0.3, -0.25) is 9.59 Å². The standard InChI is InChI=1S/C14H20BrN3O4/c1-14(2,3)22-13(21)16-6-4-5-11(19)18-10-7-9(15)8-17-12(10)20/h7-8H,4-6H2,1-3H3,(H,16,21)(H,17,20)(H,18,19). The SMILES string of the molecule is CC(C)(C)OC(=O)NCCCC(=O)Nc1cc(Br)c[nH]c1=O. The average molecular weight is 374 g/mol. The summed E-state index contributed by atoms with van der Waals surface area (Å²) in [6.07, 6.45) is 1.60. The van der Waals surface area contributed by atoms with E-state index < -0.39 is 11.7 Å². The van der Waals surface area contributed by atoms with E-state index in [9.17, 15) is 14.4 Å². The smallest absolute Gasteiger partial charge is 0.407 e. The Bertz CT molecular complexity index is 592. The van der Waals surface area contributed by atoms with Gasteiger partial charge in [0.2, 0.25) is 5.91 Å². The van der Waals surface area contributed by atoms with Gasteiger partial charge < -0.3 is 20.4 Å². The summed E-state index contributed by atoms with van der Waals surface area (Å²) in [6.45, 7) is 5.64. The second-order valence-electron chi connectivity index (χ2n) is 5.64. The highest BCUT2D eigenvalue weighted by Crippen LogP contribution is 2.10. The van der Waals surface area contributed by atoms with Gasteiger partial charge in [0.05, 0.1) is 0 Å². The molecule has 122 valence electrons. The zero-order valence-corrected chi connectivity index (χ0v) is 14.4. The number of carbonyl (C=O) groups excluding carboxylic acids is 2. The Labute approximate surface area is 137 Å². The zero-order chi connectivity index (χ0) is 16.8. The van der Waals surface area contributed by atoms with E-state index in [1.165, 1.54) is 12.3 Å². The van der Waals surface area contributed by atoms with E-state index in [-0.39, 0.29) is 23.6 Å². The summed E-state index contributed by atoms with van der Waals surface area (Å²) >= 11 is 3.21. The van der Waals surface area contributed by atoms with Crippen molar-refractivity contribution in [3.8, 4) is 0 Å². The lowest BCUT2D eigenvalue weighted by molar-refractivity contribution is -0.116. The largest absolute Gasteiger partial charge is 0.444 e. The van der Waals surface area contributed by atoms with Crippen LogP contribution in [0, 0.1) is 0 Å². The van der Waals surface area contributed by atoms with Gasteiger partial charge >= 0.3 is 6.09 Å². The highest BCUT2D eigenvalue weighted by Gasteiger charge is 2.15. The van der Waals surface area contributed by atoms with E-state index in [1.54, 1.807) is 20.8 Å². The molecule has 0 fully saturated rings. The molecule has 1 aromatic rings. The minimum atomic E-state index is -0.552. The molecule has 0 spiro atoms. The summed E-state index contributed by atoms with van der Waals surface area (Å²) in [5.74, 6) is -0.297. The van der Waals surface area contributed by atoms with Crippen LogP contribution < -0.4 is 16.2 Å². The molecule has 0 aliphatic heterocycles. The number of H-pyrrole nitrogens is 1. The van der Waals surface area contributed by atoms with Crippen LogP contribution in [0.2, 0.25) is 0 Å². The third kappa shape index (κ3) is 7.26. The lowest BCUT2D eigenvalue weighted by Crippen LogP contribution is -2.33. The second kappa shape index (κ2) is 7.98. The van der Waals surface area contributed by atoms with Gasteiger partial charge in [0.15, 0.2) is 0 Å². The highest BCUT2D eigenvalue weighted by molar-refractivity contribution is 9.10. The van der Waals surface area contributed by atoms with Crippen molar-refractivity contribution in [2.75, 3.05) is 11.9 Å². The minimum Gasteiger partial charge on any atom is -0.444 e. The van der Waals surface area contributed by atoms with Gasteiger partial charge in [-0.15, -0.1) is 0 Å².